The average Bonchev–Trinajstić information content (AvgIpc) is 2.12. The highest BCUT2D eigenvalue weighted by Crippen LogP contribution is 2.02. The number of aliphatic imine (C=N–C) groups is 1. The minimum absolute atomic E-state index is 0.102. The van der Waals surface area contributed by atoms with E-state index in [1.165, 1.54) is 13.2 Å². The van der Waals surface area contributed by atoms with Crippen LogP contribution in [0.4, 0.5) is 0 Å². The average molecular weight is 110 g/mol. The summed E-state index contributed by atoms with van der Waals surface area (Å²) < 4.78 is 4.42. The lowest BCUT2D eigenvalue weighted by molar-refractivity contribution is -0.113. The van der Waals surface area contributed by atoms with E-state index in [9.17, 15) is 4.79 Å². The number of ether oxygens (including phenoxy) is 1. The Morgan fingerprint density at radius 3 is 3.00 bits per heavy atom. The SMILES string of the molecule is CC(=O)C1=CO[C+]=N1. The van der Waals surface area contributed by atoms with E-state index in [-0.39, 0.29) is 5.78 Å². The molecule has 1 aliphatic rings. The van der Waals surface area contributed by atoms with Crippen molar-refractivity contribution in [2.45, 2.75) is 6.92 Å². The van der Waals surface area contributed by atoms with E-state index < -0.39 is 0 Å². The predicted octanol–water partition coefficient (Wildman–Crippen LogP) is 0.352. The fraction of sp³-hybridized carbons (Fsp3) is 0.200. The molecule has 0 radical (unpaired) electrons. The maximum absolute atomic E-state index is 10.4. The van der Waals surface area contributed by atoms with Gasteiger partial charge in [0.2, 0.25) is 0 Å². The van der Waals surface area contributed by atoms with Gasteiger partial charge in [-0.25, -0.2) is 0 Å². The zero-order chi connectivity index (χ0) is 5.98. The van der Waals surface area contributed by atoms with E-state index in [0.717, 1.165) is 0 Å². The fourth-order valence-electron chi connectivity index (χ4n) is 0.346. The van der Waals surface area contributed by atoms with Crippen molar-refractivity contribution in [2.24, 2.45) is 4.99 Å². The summed E-state index contributed by atoms with van der Waals surface area (Å²) in [5.41, 5.74) is 0.324. The third-order valence-electron chi connectivity index (χ3n) is 0.750. The molecule has 3 heteroatoms. The Morgan fingerprint density at radius 2 is 2.75 bits per heavy atom. The number of hydrogen-bond donors (Lipinski definition) is 0. The lowest BCUT2D eigenvalue weighted by atomic mass is 10.4. The fourth-order valence-corrected chi connectivity index (χ4v) is 0.346. The molecule has 0 saturated heterocycles. The predicted molar refractivity (Wildman–Crippen MR) is 27.3 cm³/mol. The lowest BCUT2D eigenvalue weighted by Crippen LogP contribution is -1.88. The first-order chi connectivity index (χ1) is 3.80. The van der Waals surface area contributed by atoms with Crippen LogP contribution in [0.1, 0.15) is 6.92 Å². The van der Waals surface area contributed by atoms with Crippen LogP contribution in [0.2, 0.25) is 0 Å². The molecule has 0 N–H and O–H groups in total. The van der Waals surface area contributed by atoms with Crippen LogP contribution in [-0.2, 0) is 9.53 Å². The van der Waals surface area contributed by atoms with Gasteiger partial charge in [0.15, 0.2) is 0 Å². The summed E-state index contributed by atoms with van der Waals surface area (Å²) in [5.74, 6) is -0.102. The third kappa shape index (κ3) is 0.718. The molecule has 0 amide bonds. The summed E-state index contributed by atoms with van der Waals surface area (Å²) in [6, 6.07) is 0. The topological polar surface area (TPSA) is 38.7 Å². The van der Waals surface area contributed by atoms with E-state index in [1.807, 2.05) is 0 Å². The molecular formula is C5H4NO2+. The van der Waals surface area contributed by atoms with Crippen molar-refractivity contribution in [3.63, 3.8) is 0 Å². The molecule has 0 aromatic heterocycles. The van der Waals surface area contributed by atoms with Crippen LogP contribution in [0, 0.1) is 0 Å². The van der Waals surface area contributed by atoms with Gasteiger partial charge in [0.1, 0.15) is 0 Å². The molecule has 0 aromatic carbocycles. The standard InChI is InChI=1S/C5H4NO2/c1-4(7)5-2-8-3-6-5/h2H,1H3/q+1. The van der Waals surface area contributed by atoms with Gasteiger partial charge in [0, 0.05) is 6.92 Å². The normalized spacial score (nSPS) is 14.4. The molecule has 0 saturated carbocycles. The van der Waals surface area contributed by atoms with Crippen molar-refractivity contribution in [3.05, 3.63) is 12.0 Å². The maximum atomic E-state index is 10.4. The number of hydrogen-bond acceptors (Lipinski definition) is 3. The van der Waals surface area contributed by atoms with Crippen molar-refractivity contribution in [2.75, 3.05) is 0 Å². The van der Waals surface area contributed by atoms with E-state index in [1.54, 1.807) is 0 Å². The molecule has 0 aliphatic carbocycles. The van der Waals surface area contributed by atoms with Crippen molar-refractivity contribution in [1.82, 2.24) is 0 Å². The smallest absolute Gasteiger partial charge is 0.275 e. The van der Waals surface area contributed by atoms with Crippen molar-refractivity contribution >= 4 is 12.2 Å². The van der Waals surface area contributed by atoms with Gasteiger partial charge in [0.25, 0.3) is 12.0 Å². The number of carbonyl (C=O) groups is 1. The maximum Gasteiger partial charge on any atom is 0.370 e. The van der Waals surface area contributed by atoms with Crippen LogP contribution in [0.15, 0.2) is 17.0 Å². The summed E-state index contributed by atoms with van der Waals surface area (Å²) in [6.07, 6.45) is 3.43. The summed E-state index contributed by atoms with van der Waals surface area (Å²) in [6.45, 7) is 1.42. The molecule has 40 valence electrons. The molecule has 0 atom stereocenters. The Bertz CT molecular complexity index is 169. The molecule has 1 rings (SSSR count). The summed E-state index contributed by atoms with van der Waals surface area (Å²) in [4.78, 5) is 13.8. The molecule has 0 spiro atoms. The van der Waals surface area contributed by atoms with Crippen LogP contribution in [0.25, 0.3) is 0 Å². The van der Waals surface area contributed by atoms with E-state index in [0.29, 0.717) is 5.70 Å². The van der Waals surface area contributed by atoms with Gasteiger partial charge in [-0.15, -0.1) is 0 Å². The Kier molecular flexibility index (Phi) is 1.06. The molecule has 0 unspecified atom stereocenters. The first kappa shape index (κ1) is 4.94. The lowest BCUT2D eigenvalue weighted by Gasteiger charge is -1.69. The Balaban J connectivity index is 2.72. The Morgan fingerprint density at radius 1 is 2.00 bits per heavy atom. The number of allylic oxidation sites excluding steroid dienone is 1. The zero-order valence-corrected chi connectivity index (χ0v) is 4.34. The van der Waals surface area contributed by atoms with Crippen LogP contribution in [0.5, 0.6) is 0 Å². The van der Waals surface area contributed by atoms with Crippen LogP contribution >= 0.6 is 0 Å². The number of nitrogens with zero attached hydrogens (tertiary/aromatic N) is 1. The van der Waals surface area contributed by atoms with Crippen molar-refractivity contribution in [3.8, 4) is 0 Å². The van der Waals surface area contributed by atoms with Crippen LogP contribution in [-0.4, -0.2) is 12.2 Å². The van der Waals surface area contributed by atoms with Gasteiger partial charge in [0.05, 0.1) is 0 Å². The van der Waals surface area contributed by atoms with E-state index in [2.05, 4.69) is 16.1 Å². The van der Waals surface area contributed by atoms with Gasteiger partial charge in [-0.1, -0.05) is 0 Å². The number of ketones is 1. The van der Waals surface area contributed by atoms with Crippen LogP contribution < -0.4 is 0 Å². The number of Topliss-reactive ketones (excluding diaryl/α,β-unsaturated/α-hetero) is 1. The van der Waals surface area contributed by atoms with Gasteiger partial charge >= 0.3 is 12.1 Å². The summed E-state index contributed by atoms with van der Waals surface area (Å²) >= 11 is 0. The van der Waals surface area contributed by atoms with Crippen molar-refractivity contribution in [1.29, 1.82) is 0 Å². The highest BCUT2D eigenvalue weighted by atomic mass is 16.5. The number of carbonyl (C=O) groups excluding carboxylic acids is 1. The zero-order valence-electron chi connectivity index (χ0n) is 4.34. The highest BCUT2D eigenvalue weighted by Gasteiger charge is 2.17. The van der Waals surface area contributed by atoms with Gasteiger partial charge < -0.3 is 0 Å². The second-order valence-electron chi connectivity index (χ2n) is 1.38. The van der Waals surface area contributed by atoms with E-state index in [4.69, 9.17) is 0 Å². The first-order valence-corrected chi connectivity index (χ1v) is 2.13. The minimum Gasteiger partial charge on any atom is -0.275 e. The van der Waals surface area contributed by atoms with Gasteiger partial charge in [-0.2, -0.15) is 0 Å². The number of rotatable bonds is 1. The monoisotopic (exact) mass is 110 g/mol. The summed E-state index contributed by atoms with van der Waals surface area (Å²) in [7, 11) is 0. The summed E-state index contributed by atoms with van der Waals surface area (Å²) in [5, 5.41) is 0. The van der Waals surface area contributed by atoms with Crippen LogP contribution in [0.3, 0.4) is 0 Å². The quantitative estimate of drug-likeness (QED) is 0.457. The van der Waals surface area contributed by atoms with Gasteiger partial charge in [-0.3, -0.25) is 9.53 Å². The third-order valence-corrected chi connectivity index (χ3v) is 0.750. The van der Waals surface area contributed by atoms with Crippen molar-refractivity contribution < 1.29 is 9.53 Å². The molecule has 0 fully saturated rings. The largest absolute Gasteiger partial charge is 0.370 e. The Hall–Kier alpha value is -1.21. The molecule has 0 aromatic rings. The second kappa shape index (κ2) is 1.72. The van der Waals surface area contributed by atoms with Gasteiger partial charge in [-0.05, 0) is 4.99 Å². The van der Waals surface area contributed by atoms with E-state index >= 15 is 0 Å². The molecule has 1 aliphatic heterocycles. The molecule has 8 heavy (non-hydrogen) atoms. The molecule has 3 nitrogen and oxygen atoms in total. The Labute approximate surface area is 46.7 Å². The molecule has 0 bridgehead atoms. The second-order valence-corrected chi connectivity index (χ2v) is 1.38. The minimum atomic E-state index is -0.102. The molecular weight excluding hydrogens is 106 g/mol. The first-order valence-electron chi connectivity index (χ1n) is 2.13. The molecule has 1 heterocycles. The highest BCUT2D eigenvalue weighted by molar-refractivity contribution is 5.94.